The Balaban J connectivity index is 2.03. The molecule has 0 saturated carbocycles. The van der Waals surface area contributed by atoms with Crippen molar-refractivity contribution < 1.29 is 0 Å². The molecule has 19 heavy (non-hydrogen) atoms. The van der Waals surface area contributed by atoms with Crippen molar-refractivity contribution in [3.05, 3.63) is 16.5 Å². The molecule has 0 aromatic carbocycles. The Hall–Kier alpha value is -0.870. The summed E-state index contributed by atoms with van der Waals surface area (Å²) in [6.07, 6.45) is 2.40. The molecule has 0 N–H and O–H groups in total. The third-order valence-electron chi connectivity index (χ3n) is 3.79. The largest absolute Gasteiger partial charge is 0.354 e. The van der Waals surface area contributed by atoms with Crippen LogP contribution in [0.3, 0.4) is 0 Å². The molecule has 2 rings (SSSR count). The van der Waals surface area contributed by atoms with E-state index >= 15 is 0 Å². The van der Waals surface area contributed by atoms with E-state index < -0.39 is 0 Å². The van der Waals surface area contributed by atoms with Gasteiger partial charge >= 0.3 is 0 Å². The number of halogens is 1. The van der Waals surface area contributed by atoms with E-state index in [9.17, 15) is 0 Å². The standard InChI is InChI=1S/C14H23ClN4/c1-10-11(2)17-14(13(15)16-10)19-7-5-12(6-8-19)9-18(3)4/h12H,5-9H2,1-4H3. The van der Waals surface area contributed by atoms with Crippen LogP contribution in [0.2, 0.25) is 5.15 Å². The van der Waals surface area contributed by atoms with Gasteiger partial charge in [-0.1, -0.05) is 11.6 Å². The highest BCUT2D eigenvalue weighted by Crippen LogP contribution is 2.27. The number of aryl methyl sites for hydroxylation is 2. The van der Waals surface area contributed by atoms with E-state index in [0.717, 1.165) is 36.2 Å². The molecule has 4 nitrogen and oxygen atoms in total. The van der Waals surface area contributed by atoms with E-state index in [1.165, 1.54) is 19.4 Å². The van der Waals surface area contributed by atoms with Crippen LogP contribution in [0.4, 0.5) is 5.82 Å². The third-order valence-corrected chi connectivity index (χ3v) is 4.04. The first-order valence-corrected chi connectivity index (χ1v) is 7.25. The molecule has 1 aliphatic heterocycles. The fourth-order valence-corrected chi connectivity index (χ4v) is 2.90. The lowest BCUT2D eigenvalue weighted by atomic mass is 9.96. The van der Waals surface area contributed by atoms with Crippen molar-refractivity contribution in [1.82, 2.24) is 14.9 Å². The summed E-state index contributed by atoms with van der Waals surface area (Å²) in [5.74, 6) is 1.64. The summed E-state index contributed by atoms with van der Waals surface area (Å²) in [6, 6.07) is 0. The van der Waals surface area contributed by atoms with Crippen LogP contribution in [0, 0.1) is 19.8 Å². The van der Waals surface area contributed by atoms with Gasteiger partial charge in [0.05, 0.1) is 11.4 Å². The molecule has 0 amide bonds. The van der Waals surface area contributed by atoms with Gasteiger partial charge in [-0.15, -0.1) is 0 Å². The summed E-state index contributed by atoms with van der Waals surface area (Å²) < 4.78 is 0. The van der Waals surface area contributed by atoms with Crippen LogP contribution < -0.4 is 4.90 Å². The average Bonchev–Trinajstić information content (AvgIpc) is 2.34. The Labute approximate surface area is 120 Å². The Morgan fingerprint density at radius 3 is 2.32 bits per heavy atom. The second kappa shape index (κ2) is 6.06. The fourth-order valence-electron chi connectivity index (χ4n) is 2.61. The predicted octanol–water partition coefficient (Wildman–Crippen LogP) is 2.52. The lowest BCUT2D eigenvalue weighted by Crippen LogP contribution is -2.37. The molecule has 5 heteroatoms. The van der Waals surface area contributed by atoms with Gasteiger partial charge in [-0.25, -0.2) is 9.97 Å². The van der Waals surface area contributed by atoms with Crippen molar-refractivity contribution in [3.8, 4) is 0 Å². The molecule has 2 heterocycles. The van der Waals surface area contributed by atoms with Crippen LogP contribution in [0.1, 0.15) is 24.2 Å². The molecule has 1 aromatic heterocycles. The highest BCUT2D eigenvalue weighted by Gasteiger charge is 2.23. The maximum Gasteiger partial charge on any atom is 0.171 e. The number of nitrogens with zero attached hydrogens (tertiary/aromatic N) is 4. The van der Waals surface area contributed by atoms with Crippen LogP contribution >= 0.6 is 11.6 Å². The minimum absolute atomic E-state index is 0.536. The first-order valence-electron chi connectivity index (χ1n) is 6.87. The molecule has 0 spiro atoms. The van der Waals surface area contributed by atoms with Gasteiger partial charge in [0.15, 0.2) is 11.0 Å². The Kier molecular flexibility index (Phi) is 4.63. The first kappa shape index (κ1) is 14.5. The van der Waals surface area contributed by atoms with Crippen molar-refractivity contribution in [2.45, 2.75) is 26.7 Å². The summed E-state index contributed by atoms with van der Waals surface area (Å²) in [4.78, 5) is 13.5. The minimum atomic E-state index is 0.536. The Bertz CT molecular complexity index is 439. The number of anilines is 1. The van der Waals surface area contributed by atoms with Gasteiger partial charge < -0.3 is 9.80 Å². The number of rotatable bonds is 3. The SMILES string of the molecule is Cc1nc(Cl)c(N2CCC(CN(C)C)CC2)nc1C. The zero-order valence-corrected chi connectivity index (χ0v) is 13.0. The smallest absolute Gasteiger partial charge is 0.171 e. The second-order valence-corrected chi connectivity index (χ2v) is 6.06. The van der Waals surface area contributed by atoms with Crippen LogP contribution in [-0.2, 0) is 0 Å². The number of hydrogen-bond acceptors (Lipinski definition) is 4. The topological polar surface area (TPSA) is 32.3 Å². The second-order valence-electron chi connectivity index (χ2n) is 5.70. The summed E-state index contributed by atoms with van der Waals surface area (Å²) in [6.45, 7) is 7.15. The number of piperidine rings is 1. The van der Waals surface area contributed by atoms with Crippen molar-refractivity contribution in [2.75, 3.05) is 38.6 Å². The molecule has 106 valence electrons. The third kappa shape index (κ3) is 3.57. The summed E-state index contributed by atoms with van der Waals surface area (Å²) in [7, 11) is 4.27. The van der Waals surface area contributed by atoms with Gasteiger partial charge in [-0.3, -0.25) is 0 Å². The van der Waals surface area contributed by atoms with Crippen molar-refractivity contribution >= 4 is 17.4 Å². The summed E-state index contributed by atoms with van der Waals surface area (Å²) in [5.41, 5.74) is 1.88. The van der Waals surface area contributed by atoms with E-state index in [1.54, 1.807) is 0 Å². The molecule has 1 aliphatic rings. The molecule has 1 aromatic rings. The van der Waals surface area contributed by atoms with E-state index in [4.69, 9.17) is 11.6 Å². The molecular formula is C14H23ClN4. The lowest BCUT2D eigenvalue weighted by molar-refractivity contribution is 0.284. The van der Waals surface area contributed by atoms with Crippen molar-refractivity contribution in [3.63, 3.8) is 0 Å². The molecular weight excluding hydrogens is 260 g/mol. The van der Waals surface area contributed by atoms with Crippen LogP contribution in [0.15, 0.2) is 0 Å². The molecule has 1 fully saturated rings. The molecule has 0 bridgehead atoms. The first-order chi connectivity index (χ1) is 8.97. The van der Waals surface area contributed by atoms with Gasteiger partial charge in [-0.2, -0.15) is 0 Å². The van der Waals surface area contributed by atoms with E-state index in [0.29, 0.717) is 5.15 Å². The van der Waals surface area contributed by atoms with Crippen molar-refractivity contribution in [1.29, 1.82) is 0 Å². The number of hydrogen-bond donors (Lipinski definition) is 0. The van der Waals surface area contributed by atoms with Crippen LogP contribution in [0.5, 0.6) is 0 Å². The van der Waals surface area contributed by atoms with Crippen LogP contribution in [-0.4, -0.2) is 48.6 Å². The van der Waals surface area contributed by atoms with Gasteiger partial charge in [0.1, 0.15) is 0 Å². The monoisotopic (exact) mass is 282 g/mol. The molecule has 0 unspecified atom stereocenters. The fraction of sp³-hybridized carbons (Fsp3) is 0.714. The zero-order valence-electron chi connectivity index (χ0n) is 12.3. The zero-order chi connectivity index (χ0) is 14.0. The van der Waals surface area contributed by atoms with Gasteiger partial charge in [0.25, 0.3) is 0 Å². The number of aromatic nitrogens is 2. The highest BCUT2D eigenvalue weighted by atomic mass is 35.5. The molecule has 1 saturated heterocycles. The molecule has 0 radical (unpaired) electrons. The quantitative estimate of drug-likeness (QED) is 0.853. The maximum atomic E-state index is 6.23. The predicted molar refractivity (Wildman–Crippen MR) is 80.0 cm³/mol. The minimum Gasteiger partial charge on any atom is -0.354 e. The lowest BCUT2D eigenvalue weighted by Gasteiger charge is -2.34. The van der Waals surface area contributed by atoms with Crippen LogP contribution in [0.25, 0.3) is 0 Å². The molecule has 0 aliphatic carbocycles. The van der Waals surface area contributed by atoms with Gasteiger partial charge in [0, 0.05) is 19.6 Å². The van der Waals surface area contributed by atoms with Crippen molar-refractivity contribution in [2.24, 2.45) is 5.92 Å². The molecule has 0 atom stereocenters. The summed E-state index contributed by atoms with van der Waals surface area (Å²) >= 11 is 6.23. The highest BCUT2D eigenvalue weighted by molar-refractivity contribution is 6.31. The maximum absolute atomic E-state index is 6.23. The van der Waals surface area contributed by atoms with E-state index in [-0.39, 0.29) is 0 Å². The average molecular weight is 283 g/mol. The van der Waals surface area contributed by atoms with E-state index in [2.05, 4.69) is 33.9 Å². The van der Waals surface area contributed by atoms with Gasteiger partial charge in [-0.05, 0) is 46.7 Å². The normalized spacial score (nSPS) is 17.3. The van der Waals surface area contributed by atoms with Gasteiger partial charge in [0.2, 0.25) is 0 Å². The summed E-state index contributed by atoms with van der Waals surface area (Å²) in [5, 5.41) is 0.536. The Morgan fingerprint density at radius 2 is 1.74 bits per heavy atom. The Morgan fingerprint density at radius 1 is 1.16 bits per heavy atom. The van der Waals surface area contributed by atoms with E-state index in [1.807, 2.05) is 13.8 Å².